The monoisotopic (exact) mass is 285 g/mol. The number of carbonyl (C=O) groups is 3. The Morgan fingerprint density at radius 1 is 1.32 bits per heavy atom. The zero-order valence-corrected chi connectivity index (χ0v) is 11.9. The summed E-state index contributed by atoms with van der Waals surface area (Å²) in [6, 6.07) is 0. The summed E-state index contributed by atoms with van der Waals surface area (Å²) in [4.78, 5) is 36.4. The van der Waals surface area contributed by atoms with Crippen LogP contribution in [0, 0.1) is 0 Å². The third-order valence-electron chi connectivity index (χ3n) is 4.02. The van der Waals surface area contributed by atoms with Crippen LogP contribution in [-0.2, 0) is 14.4 Å². The molecule has 2 fully saturated rings. The van der Waals surface area contributed by atoms with Gasteiger partial charge < -0.3 is 10.0 Å². The Hall–Kier alpha value is -1.04. The molecule has 0 radical (unpaired) electrons. The fourth-order valence-corrected chi connectivity index (χ4v) is 4.06. The number of amides is 1. The molecule has 1 unspecified atom stereocenters. The maximum atomic E-state index is 12.1. The van der Waals surface area contributed by atoms with Crippen molar-refractivity contribution in [2.75, 3.05) is 6.54 Å². The molecule has 0 aromatic carbocycles. The van der Waals surface area contributed by atoms with Gasteiger partial charge in [-0.1, -0.05) is 31.0 Å². The SMILES string of the molecule is CC(=O)SC1CC(=O)N(C2(C(=O)O)CCCCC2)C1. The molecule has 5 nitrogen and oxygen atoms in total. The highest BCUT2D eigenvalue weighted by atomic mass is 32.2. The second-order valence-electron chi connectivity index (χ2n) is 5.34. The molecule has 1 aliphatic heterocycles. The maximum absolute atomic E-state index is 12.1. The molecular weight excluding hydrogens is 266 g/mol. The molecule has 1 N–H and O–H groups in total. The molecule has 1 aliphatic carbocycles. The average Bonchev–Trinajstić information content (AvgIpc) is 2.70. The van der Waals surface area contributed by atoms with E-state index in [2.05, 4.69) is 0 Å². The molecule has 0 spiro atoms. The lowest BCUT2D eigenvalue weighted by atomic mass is 9.80. The number of hydrogen-bond acceptors (Lipinski definition) is 4. The number of carboxylic acids is 1. The summed E-state index contributed by atoms with van der Waals surface area (Å²) >= 11 is 1.15. The van der Waals surface area contributed by atoms with Crippen molar-refractivity contribution in [2.24, 2.45) is 0 Å². The van der Waals surface area contributed by atoms with Crippen LogP contribution in [-0.4, -0.2) is 44.3 Å². The van der Waals surface area contributed by atoms with E-state index in [1.807, 2.05) is 0 Å². The van der Waals surface area contributed by atoms with E-state index in [1.54, 1.807) is 0 Å². The molecule has 1 atom stereocenters. The largest absolute Gasteiger partial charge is 0.479 e. The van der Waals surface area contributed by atoms with Crippen LogP contribution in [0.2, 0.25) is 0 Å². The molecule has 19 heavy (non-hydrogen) atoms. The van der Waals surface area contributed by atoms with E-state index in [4.69, 9.17) is 0 Å². The molecular formula is C13H19NO4S. The fraction of sp³-hybridized carbons (Fsp3) is 0.769. The first kappa shape index (κ1) is 14.4. The van der Waals surface area contributed by atoms with Crippen molar-refractivity contribution >= 4 is 28.8 Å². The van der Waals surface area contributed by atoms with Gasteiger partial charge in [-0.25, -0.2) is 4.79 Å². The second kappa shape index (κ2) is 5.53. The Kier molecular flexibility index (Phi) is 4.18. The van der Waals surface area contributed by atoms with E-state index in [0.717, 1.165) is 31.0 Å². The van der Waals surface area contributed by atoms with Gasteiger partial charge in [-0.05, 0) is 12.8 Å². The number of thioether (sulfide) groups is 1. The van der Waals surface area contributed by atoms with Crippen LogP contribution in [0.5, 0.6) is 0 Å². The quantitative estimate of drug-likeness (QED) is 0.853. The summed E-state index contributed by atoms with van der Waals surface area (Å²) in [7, 11) is 0. The highest BCUT2D eigenvalue weighted by Gasteiger charge is 2.50. The first-order valence-corrected chi connectivity index (χ1v) is 7.55. The Morgan fingerprint density at radius 3 is 2.47 bits per heavy atom. The average molecular weight is 285 g/mol. The molecule has 1 heterocycles. The first-order valence-electron chi connectivity index (χ1n) is 6.67. The molecule has 0 bridgehead atoms. The summed E-state index contributed by atoms with van der Waals surface area (Å²) in [5.74, 6) is -1.02. The van der Waals surface area contributed by atoms with Gasteiger partial charge in [0.05, 0.1) is 0 Å². The van der Waals surface area contributed by atoms with Crippen molar-refractivity contribution in [3.05, 3.63) is 0 Å². The predicted molar refractivity (Wildman–Crippen MR) is 71.8 cm³/mol. The third-order valence-corrected chi connectivity index (χ3v) is 5.00. The third kappa shape index (κ3) is 2.78. The number of nitrogens with zero attached hydrogens (tertiary/aromatic N) is 1. The van der Waals surface area contributed by atoms with Gasteiger partial charge in [-0.3, -0.25) is 9.59 Å². The van der Waals surface area contributed by atoms with Crippen LogP contribution in [0.15, 0.2) is 0 Å². The molecule has 2 aliphatic rings. The predicted octanol–water partition coefficient (Wildman–Crippen LogP) is 1.65. The maximum Gasteiger partial charge on any atom is 0.329 e. The van der Waals surface area contributed by atoms with Crippen LogP contribution in [0.1, 0.15) is 45.4 Å². The molecule has 2 rings (SSSR count). The number of hydrogen-bond donors (Lipinski definition) is 1. The van der Waals surface area contributed by atoms with Gasteiger partial charge in [-0.2, -0.15) is 0 Å². The lowest BCUT2D eigenvalue weighted by Gasteiger charge is -2.41. The number of rotatable bonds is 3. The zero-order chi connectivity index (χ0) is 14.0. The summed E-state index contributed by atoms with van der Waals surface area (Å²) < 4.78 is 0. The fourth-order valence-electron chi connectivity index (χ4n) is 3.14. The van der Waals surface area contributed by atoms with Crippen LogP contribution in [0.3, 0.4) is 0 Å². The molecule has 1 saturated carbocycles. The summed E-state index contributed by atoms with van der Waals surface area (Å²) in [6.45, 7) is 1.86. The van der Waals surface area contributed by atoms with E-state index in [-0.39, 0.29) is 22.7 Å². The van der Waals surface area contributed by atoms with E-state index in [9.17, 15) is 19.5 Å². The van der Waals surface area contributed by atoms with Crippen LogP contribution >= 0.6 is 11.8 Å². The van der Waals surface area contributed by atoms with Crippen molar-refractivity contribution in [3.8, 4) is 0 Å². The van der Waals surface area contributed by atoms with Gasteiger partial charge in [0.15, 0.2) is 5.12 Å². The van der Waals surface area contributed by atoms with Gasteiger partial charge in [0.25, 0.3) is 0 Å². The van der Waals surface area contributed by atoms with Gasteiger partial charge in [0.2, 0.25) is 5.91 Å². The van der Waals surface area contributed by atoms with E-state index in [0.29, 0.717) is 19.4 Å². The van der Waals surface area contributed by atoms with Crippen molar-refractivity contribution in [1.29, 1.82) is 0 Å². The standard InChI is InChI=1S/C13H19NO4S/c1-9(15)19-10-7-11(16)14(8-10)13(12(17)18)5-3-2-4-6-13/h10H,2-8H2,1H3,(H,17,18). The highest BCUT2D eigenvalue weighted by molar-refractivity contribution is 8.14. The second-order valence-corrected chi connectivity index (χ2v) is 6.81. The number of carboxylic acid groups (broad SMARTS) is 1. The summed E-state index contributed by atoms with van der Waals surface area (Å²) in [6.07, 6.45) is 4.07. The molecule has 6 heteroatoms. The van der Waals surface area contributed by atoms with Crippen molar-refractivity contribution in [1.82, 2.24) is 4.90 Å². The van der Waals surface area contributed by atoms with Crippen molar-refractivity contribution in [3.63, 3.8) is 0 Å². The number of aliphatic carboxylic acids is 1. The minimum Gasteiger partial charge on any atom is -0.479 e. The number of likely N-dealkylation sites (tertiary alicyclic amines) is 1. The topological polar surface area (TPSA) is 74.7 Å². The highest BCUT2D eigenvalue weighted by Crippen LogP contribution is 2.38. The zero-order valence-electron chi connectivity index (χ0n) is 11.1. The minimum absolute atomic E-state index is 0.0207. The van der Waals surface area contributed by atoms with Gasteiger partial charge >= 0.3 is 5.97 Å². The van der Waals surface area contributed by atoms with Crippen LogP contribution in [0.4, 0.5) is 0 Å². The Bertz CT molecular complexity index is 403. The number of carbonyl (C=O) groups excluding carboxylic acids is 2. The van der Waals surface area contributed by atoms with Gasteiger partial charge in [0, 0.05) is 25.1 Å². The normalized spacial score (nSPS) is 26.5. The van der Waals surface area contributed by atoms with E-state index < -0.39 is 11.5 Å². The van der Waals surface area contributed by atoms with E-state index >= 15 is 0 Å². The van der Waals surface area contributed by atoms with Crippen LogP contribution < -0.4 is 0 Å². The molecule has 1 saturated heterocycles. The molecule has 106 valence electrons. The lowest BCUT2D eigenvalue weighted by molar-refractivity contribution is -0.159. The lowest BCUT2D eigenvalue weighted by Crippen LogP contribution is -2.56. The Morgan fingerprint density at radius 2 is 1.95 bits per heavy atom. The molecule has 1 amide bonds. The van der Waals surface area contributed by atoms with Gasteiger partial charge in [0.1, 0.15) is 5.54 Å². The first-order chi connectivity index (χ1) is 8.95. The van der Waals surface area contributed by atoms with Crippen molar-refractivity contribution in [2.45, 2.75) is 56.2 Å². The molecule has 0 aromatic heterocycles. The molecule has 0 aromatic rings. The Labute approximate surface area is 116 Å². The van der Waals surface area contributed by atoms with Crippen LogP contribution in [0.25, 0.3) is 0 Å². The Balaban J connectivity index is 2.16. The summed E-state index contributed by atoms with van der Waals surface area (Å²) in [5, 5.41) is 9.45. The van der Waals surface area contributed by atoms with Gasteiger partial charge in [-0.15, -0.1) is 0 Å². The summed E-state index contributed by atoms with van der Waals surface area (Å²) in [5.41, 5.74) is -1.03. The van der Waals surface area contributed by atoms with E-state index in [1.165, 1.54) is 11.8 Å². The smallest absolute Gasteiger partial charge is 0.329 e. The van der Waals surface area contributed by atoms with Crippen molar-refractivity contribution < 1.29 is 19.5 Å². The minimum atomic E-state index is -1.03.